The van der Waals surface area contributed by atoms with E-state index < -0.39 is 22.5 Å². The Balaban J connectivity index is 1.89. The number of carbonyl (C=O) groups excluding carboxylic acids is 1. The Bertz CT molecular complexity index is 1190. The van der Waals surface area contributed by atoms with Crippen LogP contribution in [0.4, 0.5) is 11.4 Å². The lowest BCUT2D eigenvalue weighted by Gasteiger charge is -2.23. The summed E-state index contributed by atoms with van der Waals surface area (Å²) >= 11 is 7.06. The van der Waals surface area contributed by atoms with Crippen LogP contribution in [0.5, 0.6) is 5.75 Å². The molecular weight excluding hydrogens is 446 g/mol. The monoisotopic (exact) mass is 461 g/mol. The Kier molecular flexibility index (Phi) is 6.62. The Morgan fingerprint density at radius 2 is 1.97 bits per heavy atom. The van der Waals surface area contributed by atoms with Crippen LogP contribution in [0, 0.1) is 11.3 Å². The standard InChI is InChI=1S/C20H16ClN3O4S2/c1-28-17-8-6-16(7-9-17)24(30(26,27)20-3-2-10-29-20)13-19(25)23-15-5-4-14(12-22)18(21)11-15/h2-11H,13H2,1H3,(H,23,25). The molecule has 1 N–H and O–H groups in total. The molecule has 1 amide bonds. The number of hydrogen-bond acceptors (Lipinski definition) is 6. The Labute approximate surface area is 183 Å². The summed E-state index contributed by atoms with van der Waals surface area (Å²) in [6.45, 7) is -0.454. The third-order valence-corrected chi connectivity index (χ3v) is 7.52. The number of thiophene rings is 1. The maximum absolute atomic E-state index is 13.1. The van der Waals surface area contributed by atoms with Crippen molar-refractivity contribution in [2.75, 3.05) is 23.3 Å². The van der Waals surface area contributed by atoms with Crippen LogP contribution in [-0.2, 0) is 14.8 Å². The quantitative estimate of drug-likeness (QED) is 0.570. The molecule has 0 saturated heterocycles. The van der Waals surface area contributed by atoms with Crippen LogP contribution in [0.3, 0.4) is 0 Å². The van der Waals surface area contributed by atoms with E-state index in [2.05, 4.69) is 5.32 Å². The molecule has 0 aliphatic carbocycles. The fourth-order valence-electron chi connectivity index (χ4n) is 2.60. The number of nitrogens with zero attached hydrogens (tertiary/aromatic N) is 2. The molecule has 0 aliphatic rings. The molecule has 0 saturated carbocycles. The summed E-state index contributed by atoms with van der Waals surface area (Å²) in [5.74, 6) is -0.00405. The lowest BCUT2D eigenvalue weighted by molar-refractivity contribution is -0.114. The van der Waals surface area contributed by atoms with Crippen molar-refractivity contribution in [3.63, 3.8) is 0 Å². The third kappa shape index (κ3) is 4.74. The molecule has 3 rings (SSSR count). The minimum atomic E-state index is -3.96. The molecule has 0 fully saturated rings. The summed E-state index contributed by atoms with van der Waals surface area (Å²) in [6.07, 6.45) is 0. The molecular formula is C20H16ClN3O4S2. The van der Waals surface area contributed by atoms with Gasteiger partial charge in [-0.1, -0.05) is 17.7 Å². The number of carbonyl (C=O) groups is 1. The number of anilines is 2. The van der Waals surface area contributed by atoms with Crippen molar-refractivity contribution in [2.24, 2.45) is 0 Å². The van der Waals surface area contributed by atoms with Gasteiger partial charge in [-0.3, -0.25) is 9.10 Å². The van der Waals surface area contributed by atoms with Crippen LogP contribution in [0.25, 0.3) is 0 Å². The van der Waals surface area contributed by atoms with E-state index in [1.807, 2.05) is 6.07 Å². The zero-order valence-electron chi connectivity index (χ0n) is 15.7. The number of nitrogens with one attached hydrogen (secondary N) is 1. The second-order valence-electron chi connectivity index (χ2n) is 6.00. The topological polar surface area (TPSA) is 99.5 Å². The zero-order chi connectivity index (χ0) is 21.7. The Hall–Kier alpha value is -3.06. The van der Waals surface area contributed by atoms with Gasteiger partial charge in [0.1, 0.15) is 22.6 Å². The zero-order valence-corrected chi connectivity index (χ0v) is 18.1. The van der Waals surface area contributed by atoms with Gasteiger partial charge >= 0.3 is 0 Å². The van der Waals surface area contributed by atoms with E-state index in [9.17, 15) is 13.2 Å². The van der Waals surface area contributed by atoms with Gasteiger partial charge in [0.2, 0.25) is 5.91 Å². The highest BCUT2D eigenvalue weighted by Gasteiger charge is 2.28. The van der Waals surface area contributed by atoms with Crippen LogP contribution in [0.2, 0.25) is 5.02 Å². The fraction of sp³-hybridized carbons (Fsp3) is 0.100. The van der Waals surface area contributed by atoms with Crippen molar-refractivity contribution in [2.45, 2.75) is 4.21 Å². The van der Waals surface area contributed by atoms with E-state index in [-0.39, 0.29) is 14.8 Å². The van der Waals surface area contributed by atoms with Gasteiger partial charge in [0.25, 0.3) is 10.0 Å². The fourth-order valence-corrected chi connectivity index (χ4v) is 5.35. The van der Waals surface area contributed by atoms with Crippen molar-refractivity contribution in [1.82, 2.24) is 0 Å². The minimum Gasteiger partial charge on any atom is -0.497 e. The first-order chi connectivity index (χ1) is 14.3. The molecule has 0 spiro atoms. The SMILES string of the molecule is COc1ccc(N(CC(=O)Nc2ccc(C#N)c(Cl)c2)S(=O)(=O)c2cccs2)cc1. The number of nitriles is 1. The minimum absolute atomic E-state index is 0.118. The number of halogens is 1. The van der Waals surface area contributed by atoms with Gasteiger partial charge in [-0.15, -0.1) is 11.3 Å². The van der Waals surface area contributed by atoms with Crippen molar-refractivity contribution in [1.29, 1.82) is 5.26 Å². The van der Waals surface area contributed by atoms with Gasteiger partial charge in [-0.25, -0.2) is 8.42 Å². The first-order valence-electron chi connectivity index (χ1n) is 8.55. The van der Waals surface area contributed by atoms with Crippen LogP contribution in [0.15, 0.2) is 64.2 Å². The summed E-state index contributed by atoms with van der Waals surface area (Å²) in [4.78, 5) is 12.7. The molecule has 30 heavy (non-hydrogen) atoms. The second kappa shape index (κ2) is 9.17. The second-order valence-corrected chi connectivity index (χ2v) is 9.44. The predicted octanol–water partition coefficient (Wildman–Crippen LogP) is 4.12. The van der Waals surface area contributed by atoms with E-state index in [1.54, 1.807) is 35.7 Å². The average Bonchev–Trinajstić information content (AvgIpc) is 3.28. The summed E-state index contributed by atoms with van der Waals surface area (Å²) in [5.41, 5.74) is 0.944. The smallest absolute Gasteiger partial charge is 0.274 e. The molecule has 3 aromatic rings. The average molecular weight is 462 g/mol. The third-order valence-electron chi connectivity index (χ3n) is 4.06. The number of amides is 1. The molecule has 154 valence electrons. The number of hydrogen-bond donors (Lipinski definition) is 1. The summed E-state index contributed by atoms with van der Waals surface area (Å²) in [6, 6.07) is 15.8. The van der Waals surface area contributed by atoms with Gasteiger partial charge in [-0.2, -0.15) is 5.26 Å². The molecule has 0 atom stereocenters. The van der Waals surface area contributed by atoms with Crippen molar-refractivity contribution < 1.29 is 17.9 Å². The lowest BCUT2D eigenvalue weighted by atomic mass is 10.2. The normalized spacial score (nSPS) is 10.8. The van der Waals surface area contributed by atoms with E-state index in [1.165, 1.54) is 31.4 Å². The predicted molar refractivity (Wildman–Crippen MR) is 117 cm³/mol. The molecule has 0 radical (unpaired) electrons. The van der Waals surface area contributed by atoms with Crippen LogP contribution in [0.1, 0.15) is 5.56 Å². The number of methoxy groups -OCH3 is 1. The van der Waals surface area contributed by atoms with Gasteiger partial charge in [-0.05, 0) is 53.9 Å². The van der Waals surface area contributed by atoms with E-state index >= 15 is 0 Å². The summed E-state index contributed by atoms with van der Waals surface area (Å²) in [5, 5.41) is 13.4. The Morgan fingerprint density at radius 3 is 2.53 bits per heavy atom. The van der Waals surface area contributed by atoms with Crippen LogP contribution < -0.4 is 14.4 Å². The highest BCUT2D eigenvalue weighted by atomic mass is 35.5. The molecule has 7 nitrogen and oxygen atoms in total. The Morgan fingerprint density at radius 1 is 1.23 bits per heavy atom. The molecule has 0 unspecified atom stereocenters. The molecule has 0 bridgehead atoms. The van der Waals surface area contributed by atoms with E-state index in [0.29, 0.717) is 17.1 Å². The lowest BCUT2D eigenvalue weighted by Crippen LogP contribution is -2.37. The molecule has 2 aromatic carbocycles. The van der Waals surface area contributed by atoms with E-state index in [0.717, 1.165) is 15.6 Å². The number of rotatable bonds is 7. The maximum Gasteiger partial charge on any atom is 0.274 e. The van der Waals surface area contributed by atoms with Gasteiger partial charge < -0.3 is 10.1 Å². The van der Waals surface area contributed by atoms with Crippen molar-refractivity contribution >= 4 is 50.2 Å². The first kappa shape index (κ1) is 21.6. The highest BCUT2D eigenvalue weighted by molar-refractivity contribution is 7.94. The van der Waals surface area contributed by atoms with Crippen molar-refractivity contribution in [3.8, 4) is 11.8 Å². The molecule has 1 aromatic heterocycles. The van der Waals surface area contributed by atoms with Crippen molar-refractivity contribution in [3.05, 3.63) is 70.6 Å². The largest absolute Gasteiger partial charge is 0.497 e. The number of ether oxygens (including phenoxy) is 1. The van der Waals surface area contributed by atoms with E-state index in [4.69, 9.17) is 21.6 Å². The molecule has 0 aliphatic heterocycles. The van der Waals surface area contributed by atoms with Crippen LogP contribution >= 0.6 is 22.9 Å². The first-order valence-corrected chi connectivity index (χ1v) is 11.2. The van der Waals surface area contributed by atoms with Gasteiger partial charge in [0.15, 0.2) is 0 Å². The molecule has 1 heterocycles. The van der Waals surface area contributed by atoms with Gasteiger partial charge in [0.05, 0.1) is 23.4 Å². The number of sulfonamides is 1. The van der Waals surface area contributed by atoms with Crippen LogP contribution in [-0.4, -0.2) is 28.0 Å². The molecule has 10 heteroatoms. The highest BCUT2D eigenvalue weighted by Crippen LogP contribution is 2.28. The number of benzene rings is 2. The summed E-state index contributed by atoms with van der Waals surface area (Å²) in [7, 11) is -2.45. The van der Waals surface area contributed by atoms with Gasteiger partial charge in [0, 0.05) is 5.69 Å². The summed E-state index contributed by atoms with van der Waals surface area (Å²) < 4.78 is 32.5. The maximum atomic E-state index is 13.1.